The Balaban J connectivity index is 1.70. The van der Waals surface area contributed by atoms with Crippen LogP contribution in [0.4, 0.5) is 5.00 Å². The summed E-state index contributed by atoms with van der Waals surface area (Å²) in [6.07, 6.45) is 3.36. The molecule has 1 aliphatic heterocycles. The average molecular weight is 409 g/mol. The SMILES string of the molecule is N#Cc1c(NC(=O)C=Cc2ccccc2)sc2c1CCN(C(=O)CCC(=O)O)C2. The molecule has 1 aromatic carbocycles. The van der Waals surface area contributed by atoms with Crippen molar-refractivity contribution in [3.63, 3.8) is 0 Å². The van der Waals surface area contributed by atoms with Crippen LogP contribution in [0.15, 0.2) is 36.4 Å². The molecular formula is C21H19N3O4S. The van der Waals surface area contributed by atoms with Crippen LogP contribution in [-0.4, -0.2) is 34.3 Å². The summed E-state index contributed by atoms with van der Waals surface area (Å²) in [5.41, 5.74) is 2.18. The monoisotopic (exact) mass is 409 g/mol. The number of aliphatic carboxylic acids is 1. The number of carbonyl (C=O) groups is 3. The van der Waals surface area contributed by atoms with Crippen molar-refractivity contribution in [2.24, 2.45) is 0 Å². The van der Waals surface area contributed by atoms with Gasteiger partial charge in [0, 0.05) is 23.9 Å². The lowest BCUT2D eigenvalue weighted by Gasteiger charge is -2.26. The summed E-state index contributed by atoms with van der Waals surface area (Å²) in [6, 6.07) is 11.6. The van der Waals surface area contributed by atoms with Gasteiger partial charge in [-0.1, -0.05) is 30.3 Å². The van der Waals surface area contributed by atoms with Gasteiger partial charge in [0.1, 0.15) is 11.1 Å². The van der Waals surface area contributed by atoms with Crippen molar-refractivity contribution in [1.29, 1.82) is 5.26 Å². The van der Waals surface area contributed by atoms with Crippen molar-refractivity contribution < 1.29 is 19.5 Å². The number of nitrogens with one attached hydrogen (secondary N) is 1. The number of thiophene rings is 1. The van der Waals surface area contributed by atoms with Crippen LogP contribution >= 0.6 is 11.3 Å². The van der Waals surface area contributed by atoms with Crippen LogP contribution < -0.4 is 5.32 Å². The summed E-state index contributed by atoms with van der Waals surface area (Å²) in [5.74, 6) is -1.56. The predicted octanol–water partition coefficient (Wildman–Crippen LogP) is 3.02. The lowest BCUT2D eigenvalue weighted by molar-refractivity contribution is -0.141. The maximum Gasteiger partial charge on any atom is 0.303 e. The number of nitriles is 1. The molecule has 7 nitrogen and oxygen atoms in total. The fourth-order valence-corrected chi connectivity index (χ4v) is 4.30. The fourth-order valence-electron chi connectivity index (χ4n) is 3.08. The van der Waals surface area contributed by atoms with Crippen molar-refractivity contribution >= 4 is 40.2 Å². The zero-order chi connectivity index (χ0) is 20.8. The minimum atomic E-state index is -1.01. The van der Waals surface area contributed by atoms with Crippen molar-refractivity contribution in [1.82, 2.24) is 4.90 Å². The van der Waals surface area contributed by atoms with Crippen molar-refractivity contribution in [3.05, 3.63) is 58.0 Å². The topological polar surface area (TPSA) is 111 Å². The maximum atomic E-state index is 12.3. The molecule has 3 rings (SSSR count). The third kappa shape index (κ3) is 5.09. The normalized spacial score (nSPS) is 13.0. The Morgan fingerprint density at radius 3 is 2.69 bits per heavy atom. The molecule has 148 valence electrons. The number of carboxylic acids is 1. The van der Waals surface area contributed by atoms with Crippen molar-refractivity contribution in [2.45, 2.75) is 25.8 Å². The predicted molar refractivity (Wildman–Crippen MR) is 109 cm³/mol. The molecule has 29 heavy (non-hydrogen) atoms. The zero-order valence-electron chi connectivity index (χ0n) is 15.6. The first-order valence-electron chi connectivity index (χ1n) is 9.06. The van der Waals surface area contributed by atoms with Gasteiger partial charge in [-0.2, -0.15) is 5.26 Å². The molecule has 2 amide bonds. The molecule has 8 heteroatoms. The lowest BCUT2D eigenvalue weighted by atomic mass is 10.0. The van der Waals surface area contributed by atoms with Crippen molar-refractivity contribution in [3.8, 4) is 6.07 Å². The van der Waals surface area contributed by atoms with Crippen LogP contribution in [0.1, 0.15) is 34.4 Å². The van der Waals surface area contributed by atoms with E-state index < -0.39 is 5.97 Å². The highest BCUT2D eigenvalue weighted by Crippen LogP contribution is 2.36. The van der Waals surface area contributed by atoms with Crippen LogP contribution in [0, 0.1) is 11.3 Å². The van der Waals surface area contributed by atoms with Crippen LogP contribution in [0.3, 0.4) is 0 Å². The summed E-state index contributed by atoms with van der Waals surface area (Å²) >= 11 is 1.28. The summed E-state index contributed by atoms with van der Waals surface area (Å²) in [4.78, 5) is 37.6. The number of benzene rings is 1. The number of hydrogen-bond donors (Lipinski definition) is 2. The molecule has 0 bridgehead atoms. The van der Waals surface area contributed by atoms with E-state index in [-0.39, 0.29) is 24.7 Å². The highest BCUT2D eigenvalue weighted by atomic mass is 32.1. The molecule has 0 saturated carbocycles. The Bertz CT molecular complexity index is 1000. The molecule has 0 spiro atoms. The van der Waals surface area contributed by atoms with Crippen LogP contribution in [0.5, 0.6) is 0 Å². The largest absolute Gasteiger partial charge is 0.481 e. The van der Waals surface area contributed by atoms with Gasteiger partial charge in [-0.15, -0.1) is 11.3 Å². The number of hydrogen-bond acceptors (Lipinski definition) is 5. The molecule has 0 unspecified atom stereocenters. The van der Waals surface area contributed by atoms with Gasteiger partial charge in [0.2, 0.25) is 11.8 Å². The quantitative estimate of drug-likeness (QED) is 0.713. The Labute approximate surface area is 171 Å². The Hall–Kier alpha value is -3.44. The lowest BCUT2D eigenvalue weighted by Crippen LogP contribution is -2.35. The Kier molecular flexibility index (Phi) is 6.42. The Morgan fingerprint density at radius 1 is 1.24 bits per heavy atom. The van der Waals surface area contributed by atoms with Gasteiger partial charge in [0.25, 0.3) is 0 Å². The van der Waals surface area contributed by atoms with E-state index in [1.165, 1.54) is 17.4 Å². The number of amides is 2. The van der Waals surface area contributed by atoms with Gasteiger partial charge >= 0.3 is 5.97 Å². The summed E-state index contributed by atoms with van der Waals surface area (Å²) < 4.78 is 0. The summed E-state index contributed by atoms with van der Waals surface area (Å²) in [5, 5.41) is 21.5. The van der Waals surface area contributed by atoms with Gasteiger partial charge in [0.15, 0.2) is 0 Å². The van der Waals surface area contributed by atoms with E-state index in [0.717, 1.165) is 16.0 Å². The second-order valence-electron chi connectivity index (χ2n) is 6.51. The van der Waals surface area contributed by atoms with Gasteiger partial charge < -0.3 is 15.3 Å². The van der Waals surface area contributed by atoms with Gasteiger partial charge in [0.05, 0.1) is 18.5 Å². The minimum Gasteiger partial charge on any atom is -0.481 e. The fraction of sp³-hybridized carbons (Fsp3) is 0.238. The number of carbonyl (C=O) groups excluding carboxylic acids is 2. The smallest absolute Gasteiger partial charge is 0.303 e. The standard InChI is InChI=1S/C21H19N3O4S/c22-12-16-15-10-11-24(19(26)8-9-20(27)28)13-17(15)29-21(16)23-18(25)7-6-14-4-2-1-3-5-14/h1-7H,8-11,13H2,(H,23,25)(H,27,28). The number of carboxylic acid groups (broad SMARTS) is 1. The van der Waals surface area contributed by atoms with Crippen LogP contribution in [-0.2, 0) is 27.3 Å². The zero-order valence-corrected chi connectivity index (χ0v) is 16.4. The first-order chi connectivity index (χ1) is 14.0. The minimum absolute atomic E-state index is 0.0466. The average Bonchev–Trinajstić information content (AvgIpc) is 3.07. The molecule has 1 aromatic heterocycles. The number of rotatable bonds is 6. The van der Waals surface area contributed by atoms with E-state index in [0.29, 0.717) is 30.1 Å². The highest BCUT2D eigenvalue weighted by Gasteiger charge is 2.27. The Morgan fingerprint density at radius 2 is 2.00 bits per heavy atom. The summed E-state index contributed by atoms with van der Waals surface area (Å²) in [6.45, 7) is 0.751. The second kappa shape index (κ2) is 9.17. The summed E-state index contributed by atoms with van der Waals surface area (Å²) in [7, 11) is 0. The second-order valence-corrected chi connectivity index (χ2v) is 7.62. The van der Waals surface area contributed by atoms with Gasteiger partial charge in [-0.25, -0.2) is 0 Å². The van der Waals surface area contributed by atoms with E-state index in [1.807, 2.05) is 30.3 Å². The van der Waals surface area contributed by atoms with Gasteiger partial charge in [-0.05, 0) is 23.6 Å². The van der Waals surface area contributed by atoms with E-state index in [2.05, 4.69) is 11.4 Å². The molecule has 1 aliphatic rings. The molecule has 0 aliphatic carbocycles. The molecule has 0 atom stereocenters. The van der Waals surface area contributed by atoms with Gasteiger partial charge in [-0.3, -0.25) is 14.4 Å². The number of fused-ring (bicyclic) bond motifs is 1. The number of nitrogens with zero attached hydrogens (tertiary/aromatic N) is 2. The molecule has 2 N–H and O–H groups in total. The number of anilines is 1. The first-order valence-corrected chi connectivity index (χ1v) is 9.88. The highest BCUT2D eigenvalue weighted by molar-refractivity contribution is 7.16. The van der Waals surface area contributed by atoms with E-state index in [9.17, 15) is 19.6 Å². The molecular weight excluding hydrogens is 390 g/mol. The molecule has 2 aromatic rings. The molecule has 2 heterocycles. The van der Waals surface area contributed by atoms with E-state index in [4.69, 9.17) is 5.11 Å². The third-order valence-corrected chi connectivity index (χ3v) is 5.67. The van der Waals surface area contributed by atoms with E-state index >= 15 is 0 Å². The first kappa shape index (κ1) is 20.3. The van der Waals surface area contributed by atoms with Crippen molar-refractivity contribution in [2.75, 3.05) is 11.9 Å². The molecule has 0 saturated heterocycles. The van der Waals surface area contributed by atoms with Crippen LogP contribution in [0.25, 0.3) is 6.08 Å². The molecule has 0 fully saturated rings. The van der Waals surface area contributed by atoms with E-state index in [1.54, 1.807) is 11.0 Å². The van der Waals surface area contributed by atoms with Crippen LogP contribution in [0.2, 0.25) is 0 Å². The maximum absolute atomic E-state index is 12.3. The third-order valence-electron chi connectivity index (χ3n) is 4.54. The molecule has 0 radical (unpaired) electrons.